The fourth-order valence-corrected chi connectivity index (χ4v) is 3.18. The second kappa shape index (κ2) is 5.99. The zero-order chi connectivity index (χ0) is 14.8. The summed E-state index contributed by atoms with van der Waals surface area (Å²) in [6, 6.07) is 6.05. The van der Waals surface area contributed by atoms with Gasteiger partial charge in [-0.1, -0.05) is 11.2 Å². The molecule has 0 aliphatic heterocycles. The van der Waals surface area contributed by atoms with Gasteiger partial charge in [0.1, 0.15) is 5.76 Å². The number of thiophene rings is 1. The zero-order valence-corrected chi connectivity index (χ0v) is 13.0. The van der Waals surface area contributed by atoms with Crippen LogP contribution in [0.15, 0.2) is 28.1 Å². The predicted octanol–water partition coefficient (Wildman–Crippen LogP) is 2.65. The molecule has 112 valence electrons. The second-order valence-electron chi connectivity index (χ2n) is 5.59. The topological polar surface area (TPSA) is 58.4 Å². The third-order valence-corrected chi connectivity index (χ3v) is 4.67. The van der Waals surface area contributed by atoms with Crippen molar-refractivity contribution in [2.45, 2.75) is 24.8 Å². The number of nitrogens with one attached hydrogen (secondary N) is 1. The van der Waals surface area contributed by atoms with E-state index in [1.54, 1.807) is 17.4 Å². The van der Waals surface area contributed by atoms with Crippen LogP contribution in [-0.4, -0.2) is 36.6 Å². The molecule has 1 aliphatic carbocycles. The molecule has 1 atom stereocenters. The summed E-state index contributed by atoms with van der Waals surface area (Å²) >= 11 is 1.70. The molecule has 1 saturated carbocycles. The number of hydrogen-bond acceptors (Lipinski definition) is 5. The summed E-state index contributed by atoms with van der Waals surface area (Å²) in [4.78, 5) is 15.5. The molecular formula is C15H19N3O2S. The van der Waals surface area contributed by atoms with Gasteiger partial charge >= 0.3 is 0 Å². The lowest BCUT2D eigenvalue weighted by Gasteiger charge is -2.23. The number of hydrogen-bond donors (Lipinski definition) is 1. The summed E-state index contributed by atoms with van der Waals surface area (Å²) in [6.45, 7) is 0.554. The van der Waals surface area contributed by atoms with E-state index >= 15 is 0 Å². The van der Waals surface area contributed by atoms with Crippen molar-refractivity contribution in [3.8, 4) is 0 Å². The number of carbonyl (C=O) groups excluding carboxylic acids is 1. The van der Waals surface area contributed by atoms with Gasteiger partial charge in [-0.25, -0.2) is 0 Å². The normalized spacial score (nSPS) is 16.1. The SMILES string of the molecule is CN(C)[C@H](CNC(=O)c1cc(C2CC2)on1)c1cccs1. The maximum absolute atomic E-state index is 12.1. The van der Waals surface area contributed by atoms with Crippen molar-refractivity contribution in [3.63, 3.8) is 0 Å². The molecule has 0 aromatic carbocycles. The quantitative estimate of drug-likeness (QED) is 0.891. The van der Waals surface area contributed by atoms with Crippen LogP contribution in [0.3, 0.4) is 0 Å². The minimum absolute atomic E-state index is 0.170. The van der Waals surface area contributed by atoms with Crippen LogP contribution in [0, 0.1) is 0 Å². The first-order valence-corrected chi connectivity index (χ1v) is 7.97. The molecule has 2 heterocycles. The molecular weight excluding hydrogens is 286 g/mol. The van der Waals surface area contributed by atoms with Crippen LogP contribution in [-0.2, 0) is 0 Å². The Morgan fingerprint density at radius 1 is 1.57 bits per heavy atom. The van der Waals surface area contributed by atoms with Gasteiger partial charge in [0.15, 0.2) is 5.69 Å². The first-order chi connectivity index (χ1) is 10.1. The van der Waals surface area contributed by atoms with Crippen molar-refractivity contribution in [2.75, 3.05) is 20.6 Å². The summed E-state index contributed by atoms with van der Waals surface area (Å²) in [7, 11) is 4.02. The van der Waals surface area contributed by atoms with Crippen LogP contribution in [0.25, 0.3) is 0 Å². The van der Waals surface area contributed by atoms with E-state index in [1.807, 2.05) is 25.5 Å². The molecule has 21 heavy (non-hydrogen) atoms. The van der Waals surface area contributed by atoms with E-state index in [0.717, 1.165) is 18.6 Å². The van der Waals surface area contributed by atoms with Gasteiger partial charge in [-0.15, -0.1) is 11.3 Å². The van der Waals surface area contributed by atoms with Crippen LogP contribution in [0.5, 0.6) is 0 Å². The molecule has 2 aromatic rings. The zero-order valence-electron chi connectivity index (χ0n) is 12.2. The third-order valence-electron chi connectivity index (χ3n) is 3.69. The van der Waals surface area contributed by atoms with Crippen LogP contribution in [0.2, 0.25) is 0 Å². The van der Waals surface area contributed by atoms with Crippen molar-refractivity contribution in [3.05, 3.63) is 39.9 Å². The molecule has 1 N–H and O–H groups in total. The van der Waals surface area contributed by atoms with E-state index in [2.05, 4.69) is 21.4 Å². The Morgan fingerprint density at radius 3 is 3.00 bits per heavy atom. The Bertz CT molecular complexity index is 602. The standard InChI is InChI=1S/C15H19N3O2S/c1-18(2)12(14-4-3-7-21-14)9-16-15(19)11-8-13(20-17-11)10-5-6-10/h3-4,7-8,10,12H,5-6,9H2,1-2H3,(H,16,19)/t12-/m1/s1. The van der Waals surface area contributed by atoms with Crippen LogP contribution < -0.4 is 5.32 Å². The Kier molecular flexibility index (Phi) is 4.07. The average Bonchev–Trinajstić information content (AvgIpc) is 2.98. The molecule has 0 spiro atoms. The van der Waals surface area contributed by atoms with Crippen molar-refractivity contribution in [1.82, 2.24) is 15.4 Å². The highest BCUT2D eigenvalue weighted by Gasteiger charge is 2.29. The average molecular weight is 305 g/mol. The number of carbonyl (C=O) groups is 1. The highest BCUT2D eigenvalue weighted by molar-refractivity contribution is 7.10. The van der Waals surface area contributed by atoms with Gasteiger partial charge in [0.25, 0.3) is 5.91 Å². The van der Waals surface area contributed by atoms with Crippen LogP contribution >= 0.6 is 11.3 Å². The minimum Gasteiger partial charge on any atom is -0.360 e. The fourth-order valence-electron chi connectivity index (χ4n) is 2.26. The number of nitrogens with zero attached hydrogens (tertiary/aromatic N) is 2. The molecule has 6 heteroatoms. The molecule has 5 nitrogen and oxygen atoms in total. The molecule has 0 unspecified atom stereocenters. The predicted molar refractivity (Wildman–Crippen MR) is 81.6 cm³/mol. The second-order valence-corrected chi connectivity index (χ2v) is 6.57. The van der Waals surface area contributed by atoms with E-state index in [-0.39, 0.29) is 11.9 Å². The lowest BCUT2D eigenvalue weighted by molar-refractivity contribution is 0.0933. The lowest BCUT2D eigenvalue weighted by Crippen LogP contribution is -2.34. The van der Waals surface area contributed by atoms with E-state index in [0.29, 0.717) is 18.2 Å². The van der Waals surface area contributed by atoms with Gasteiger partial charge in [0.05, 0.1) is 6.04 Å². The lowest BCUT2D eigenvalue weighted by atomic mass is 10.2. The fraction of sp³-hybridized carbons (Fsp3) is 0.467. The summed E-state index contributed by atoms with van der Waals surface area (Å²) in [5, 5.41) is 8.86. The highest BCUT2D eigenvalue weighted by Crippen LogP contribution is 2.40. The largest absolute Gasteiger partial charge is 0.360 e. The van der Waals surface area contributed by atoms with Gasteiger partial charge in [-0.2, -0.15) is 0 Å². The summed E-state index contributed by atoms with van der Waals surface area (Å²) in [6.07, 6.45) is 2.27. The van der Waals surface area contributed by atoms with Crippen LogP contribution in [0.4, 0.5) is 0 Å². The van der Waals surface area contributed by atoms with Crippen molar-refractivity contribution < 1.29 is 9.32 Å². The molecule has 1 amide bonds. The molecule has 0 radical (unpaired) electrons. The summed E-state index contributed by atoms with van der Waals surface area (Å²) in [5.74, 6) is 1.14. The Morgan fingerprint density at radius 2 is 2.38 bits per heavy atom. The minimum atomic E-state index is -0.172. The highest BCUT2D eigenvalue weighted by atomic mass is 32.1. The van der Waals surface area contributed by atoms with Crippen molar-refractivity contribution in [2.24, 2.45) is 0 Å². The van der Waals surface area contributed by atoms with E-state index in [9.17, 15) is 4.79 Å². The first-order valence-electron chi connectivity index (χ1n) is 7.10. The van der Waals surface area contributed by atoms with Gasteiger partial charge < -0.3 is 14.7 Å². The molecule has 0 bridgehead atoms. The number of likely N-dealkylation sites (N-methyl/N-ethyl adjacent to an activating group) is 1. The molecule has 2 aromatic heterocycles. The van der Waals surface area contributed by atoms with E-state index < -0.39 is 0 Å². The first kappa shape index (κ1) is 14.3. The van der Waals surface area contributed by atoms with Gasteiger partial charge in [0, 0.05) is 23.4 Å². The summed E-state index contributed by atoms with van der Waals surface area (Å²) in [5.41, 5.74) is 0.376. The third kappa shape index (κ3) is 3.33. The van der Waals surface area contributed by atoms with Gasteiger partial charge in [0.2, 0.25) is 0 Å². The number of amides is 1. The number of aromatic nitrogens is 1. The maximum Gasteiger partial charge on any atom is 0.273 e. The Labute approximate surface area is 127 Å². The molecule has 3 rings (SSSR count). The maximum atomic E-state index is 12.1. The van der Waals surface area contributed by atoms with E-state index in [4.69, 9.17) is 4.52 Å². The molecule has 1 fully saturated rings. The van der Waals surface area contributed by atoms with Gasteiger partial charge in [-0.3, -0.25) is 4.79 Å². The van der Waals surface area contributed by atoms with Crippen molar-refractivity contribution >= 4 is 17.2 Å². The Balaban J connectivity index is 1.60. The monoisotopic (exact) mass is 305 g/mol. The number of rotatable bonds is 6. The Hall–Kier alpha value is -1.66. The van der Waals surface area contributed by atoms with E-state index in [1.165, 1.54) is 4.88 Å². The molecule has 1 aliphatic rings. The van der Waals surface area contributed by atoms with Crippen LogP contribution in [0.1, 0.15) is 45.9 Å². The van der Waals surface area contributed by atoms with Crippen molar-refractivity contribution in [1.29, 1.82) is 0 Å². The smallest absolute Gasteiger partial charge is 0.273 e. The molecule has 0 saturated heterocycles. The summed E-state index contributed by atoms with van der Waals surface area (Å²) < 4.78 is 5.22. The van der Waals surface area contributed by atoms with Gasteiger partial charge in [-0.05, 0) is 38.4 Å².